The van der Waals surface area contributed by atoms with Crippen LogP contribution >= 0.6 is 11.6 Å². The summed E-state index contributed by atoms with van der Waals surface area (Å²) in [4.78, 5) is 12.3. The van der Waals surface area contributed by atoms with Gasteiger partial charge < -0.3 is 14.8 Å². The number of nitrogens with one attached hydrogen (secondary N) is 1. The zero-order valence-corrected chi connectivity index (χ0v) is 14.0. The van der Waals surface area contributed by atoms with Crippen molar-refractivity contribution in [3.63, 3.8) is 0 Å². The van der Waals surface area contributed by atoms with Gasteiger partial charge in [-0.3, -0.25) is 4.79 Å². The number of ether oxygens (including phenoxy) is 2. The average Bonchev–Trinajstić information content (AvgIpc) is 2.59. The molecular weight excluding hydrogens is 314 g/mol. The van der Waals surface area contributed by atoms with Crippen LogP contribution in [-0.2, 0) is 11.3 Å². The molecule has 23 heavy (non-hydrogen) atoms. The maximum absolute atomic E-state index is 12.3. The Bertz CT molecular complexity index is 626. The lowest BCUT2D eigenvalue weighted by Gasteiger charge is -2.17. The fourth-order valence-electron chi connectivity index (χ4n) is 2.05. The number of halogens is 1. The van der Waals surface area contributed by atoms with Gasteiger partial charge in [-0.2, -0.15) is 0 Å². The first kappa shape index (κ1) is 17.2. The molecule has 0 fully saturated rings. The Morgan fingerprint density at radius 1 is 1.09 bits per heavy atom. The van der Waals surface area contributed by atoms with E-state index < -0.39 is 6.10 Å². The highest BCUT2D eigenvalue weighted by molar-refractivity contribution is 6.30. The van der Waals surface area contributed by atoms with E-state index in [4.69, 9.17) is 21.1 Å². The van der Waals surface area contributed by atoms with Crippen molar-refractivity contribution in [3.05, 3.63) is 59.1 Å². The number of amides is 1. The minimum absolute atomic E-state index is 0.140. The van der Waals surface area contributed by atoms with Crippen molar-refractivity contribution in [2.24, 2.45) is 0 Å². The predicted octanol–water partition coefficient (Wildman–Crippen LogP) is 3.82. The van der Waals surface area contributed by atoms with E-state index >= 15 is 0 Å². The molecule has 0 bridgehead atoms. The Morgan fingerprint density at radius 2 is 1.70 bits per heavy atom. The van der Waals surface area contributed by atoms with Crippen molar-refractivity contribution in [1.82, 2.24) is 5.32 Å². The molecule has 2 aromatic rings. The van der Waals surface area contributed by atoms with E-state index in [2.05, 4.69) is 5.32 Å². The lowest BCUT2D eigenvalue weighted by molar-refractivity contribution is -0.128. The maximum Gasteiger partial charge on any atom is 0.261 e. The third-order valence-electron chi connectivity index (χ3n) is 3.38. The van der Waals surface area contributed by atoms with E-state index in [-0.39, 0.29) is 5.91 Å². The molecule has 0 saturated heterocycles. The Balaban J connectivity index is 1.90. The van der Waals surface area contributed by atoms with Gasteiger partial charge in [0.15, 0.2) is 6.10 Å². The first-order chi connectivity index (χ1) is 11.1. The van der Waals surface area contributed by atoms with E-state index in [1.54, 1.807) is 43.5 Å². The van der Waals surface area contributed by atoms with Crippen LogP contribution in [0.2, 0.25) is 5.02 Å². The molecule has 1 amide bonds. The topological polar surface area (TPSA) is 47.6 Å². The Morgan fingerprint density at radius 3 is 2.26 bits per heavy atom. The molecule has 4 nitrogen and oxygen atoms in total. The first-order valence-electron chi connectivity index (χ1n) is 7.45. The number of benzene rings is 2. The standard InChI is InChI=1S/C18H20ClNO3/c1-3-17(23-16-10-8-15(22-2)9-11-16)18(21)20-12-13-4-6-14(19)7-5-13/h4-11,17H,3,12H2,1-2H3,(H,20,21)/t17-/m0/s1. The molecule has 2 aromatic carbocycles. The molecule has 0 heterocycles. The van der Waals surface area contributed by atoms with Gasteiger partial charge in [0, 0.05) is 11.6 Å². The summed E-state index contributed by atoms with van der Waals surface area (Å²) >= 11 is 5.84. The Kier molecular flexibility index (Phi) is 6.29. The summed E-state index contributed by atoms with van der Waals surface area (Å²) in [6, 6.07) is 14.5. The fourth-order valence-corrected chi connectivity index (χ4v) is 2.17. The first-order valence-corrected chi connectivity index (χ1v) is 7.83. The summed E-state index contributed by atoms with van der Waals surface area (Å²) in [5.41, 5.74) is 0.988. The average molecular weight is 334 g/mol. The summed E-state index contributed by atoms with van der Waals surface area (Å²) < 4.78 is 10.8. The van der Waals surface area contributed by atoms with E-state index in [0.29, 0.717) is 23.7 Å². The van der Waals surface area contributed by atoms with E-state index in [9.17, 15) is 4.79 Å². The second kappa shape index (κ2) is 8.44. The summed E-state index contributed by atoms with van der Waals surface area (Å²) in [7, 11) is 1.61. The molecule has 0 aliphatic rings. The zero-order valence-electron chi connectivity index (χ0n) is 13.2. The van der Waals surface area contributed by atoms with Crippen LogP contribution in [0.25, 0.3) is 0 Å². The fraction of sp³-hybridized carbons (Fsp3) is 0.278. The van der Waals surface area contributed by atoms with Gasteiger partial charge in [-0.1, -0.05) is 30.7 Å². The quantitative estimate of drug-likeness (QED) is 0.837. The summed E-state index contributed by atoms with van der Waals surface area (Å²) in [5, 5.41) is 3.56. The smallest absolute Gasteiger partial charge is 0.261 e. The van der Waals surface area contributed by atoms with Gasteiger partial charge in [-0.25, -0.2) is 0 Å². The molecule has 122 valence electrons. The molecule has 0 spiro atoms. The van der Waals surface area contributed by atoms with Crippen molar-refractivity contribution in [3.8, 4) is 11.5 Å². The number of carbonyl (C=O) groups excluding carboxylic acids is 1. The molecule has 0 aromatic heterocycles. The molecule has 5 heteroatoms. The minimum atomic E-state index is -0.532. The molecule has 2 rings (SSSR count). The predicted molar refractivity (Wildman–Crippen MR) is 91.0 cm³/mol. The third-order valence-corrected chi connectivity index (χ3v) is 3.63. The van der Waals surface area contributed by atoms with Gasteiger partial charge in [0.1, 0.15) is 11.5 Å². The highest BCUT2D eigenvalue weighted by Crippen LogP contribution is 2.19. The van der Waals surface area contributed by atoms with E-state index in [1.165, 1.54) is 0 Å². The monoisotopic (exact) mass is 333 g/mol. The number of methoxy groups -OCH3 is 1. The summed E-state index contributed by atoms with van der Waals surface area (Å²) in [6.45, 7) is 2.36. The van der Waals surface area contributed by atoms with E-state index in [1.807, 2.05) is 19.1 Å². The lowest BCUT2D eigenvalue weighted by Crippen LogP contribution is -2.37. The number of rotatable bonds is 7. The normalized spacial score (nSPS) is 11.6. The summed E-state index contributed by atoms with van der Waals surface area (Å²) in [6.07, 6.45) is 0.0501. The summed E-state index contributed by atoms with van der Waals surface area (Å²) in [5.74, 6) is 1.25. The maximum atomic E-state index is 12.3. The number of hydrogen-bond donors (Lipinski definition) is 1. The van der Waals surface area contributed by atoms with Gasteiger partial charge in [0.2, 0.25) is 0 Å². The van der Waals surface area contributed by atoms with Gasteiger partial charge in [0.05, 0.1) is 7.11 Å². The third kappa shape index (κ3) is 5.18. The van der Waals surface area contributed by atoms with Gasteiger partial charge in [0.25, 0.3) is 5.91 Å². The highest BCUT2D eigenvalue weighted by Gasteiger charge is 2.18. The van der Waals surface area contributed by atoms with Crippen molar-refractivity contribution >= 4 is 17.5 Å². The van der Waals surface area contributed by atoms with Crippen LogP contribution in [0.5, 0.6) is 11.5 Å². The SMILES string of the molecule is CC[C@H](Oc1ccc(OC)cc1)C(=O)NCc1ccc(Cl)cc1. The van der Waals surface area contributed by atoms with Crippen molar-refractivity contribution < 1.29 is 14.3 Å². The van der Waals surface area contributed by atoms with Crippen LogP contribution in [0, 0.1) is 0 Å². The van der Waals surface area contributed by atoms with Crippen LogP contribution in [0.4, 0.5) is 0 Å². The highest BCUT2D eigenvalue weighted by atomic mass is 35.5. The van der Waals surface area contributed by atoms with E-state index in [0.717, 1.165) is 11.3 Å². The van der Waals surface area contributed by atoms with Crippen molar-refractivity contribution in [2.75, 3.05) is 7.11 Å². The Hall–Kier alpha value is -2.20. The molecule has 1 N–H and O–H groups in total. The molecular formula is C18H20ClNO3. The van der Waals surface area contributed by atoms with Crippen LogP contribution in [0.3, 0.4) is 0 Å². The van der Waals surface area contributed by atoms with Gasteiger partial charge in [-0.05, 0) is 48.4 Å². The molecule has 1 atom stereocenters. The molecule has 0 aliphatic heterocycles. The molecule has 0 saturated carbocycles. The molecule has 0 aliphatic carbocycles. The Labute approximate surface area is 141 Å². The number of carbonyl (C=O) groups is 1. The second-order valence-electron chi connectivity index (χ2n) is 5.03. The van der Waals surface area contributed by atoms with Gasteiger partial charge in [-0.15, -0.1) is 0 Å². The van der Waals surface area contributed by atoms with Crippen molar-refractivity contribution in [2.45, 2.75) is 26.0 Å². The van der Waals surface area contributed by atoms with Crippen LogP contribution < -0.4 is 14.8 Å². The zero-order chi connectivity index (χ0) is 16.7. The molecule has 0 unspecified atom stereocenters. The van der Waals surface area contributed by atoms with Crippen LogP contribution in [0.15, 0.2) is 48.5 Å². The van der Waals surface area contributed by atoms with Crippen molar-refractivity contribution in [1.29, 1.82) is 0 Å². The largest absolute Gasteiger partial charge is 0.497 e. The van der Waals surface area contributed by atoms with Crippen LogP contribution in [0.1, 0.15) is 18.9 Å². The van der Waals surface area contributed by atoms with Crippen LogP contribution in [-0.4, -0.2) is 19.1 Å². The second-order valence-corrected chi connectivity index (χ2v) is 5.47. The number of hydrogen-bond acceptors (Lipinski definition) is 3. The van der Waals surface area contributed by atoms with Gasteiger partial charge >= 0.3 is 0 Å². The minimum Gasteiger partial charge on any atom is -0.497 e. The molecule has 0 radical (unpaired) electrons. The lowest BCUT2D eigenvalue weighted by atomic mass is 10.2.